The van der Waals surface area contributed by atoms with Crippen molar-refractivity contribution in [1.29, 1.82) is 0 Å². The zero-order valence-electron chi connectivity index (χ0n) is 10.7. The summed E-state index contributed by atoms with van der Waals surface area (Å²) in [5.41, 5.74) is 3.83. The smallest absolute Gasteiger partial charge is 0.115 e. The molecule has 0 saturated heterocycles. The molecule has 18 heavy (non-hydrogen) atoms. The molecule has 2 rings (SSSR count). The molecule has 0 unspecified atom stereocenters. The quantitative estimate of drug-likeness (QED) is 0.896. The predicted octanol–water partition coefficient (Wildman–Crippen LogP) is 2.27. The summed E-state index contributed by atoms with van der Waals surface area (Å²) in [5.74, 6) is 0. The summed E-state index contributed by atoms with van der Waals surface area (Å²) in [7, 11) is 0. The monoisotopic (exact) mass is 243 g/mol. The molecule has 4 nitrogen and oxygen atoms in total. The van der Waals surface area contributed by atoms with E-state index in [1.165, 1.54) is 5.56 Å². The van der Waals surface area contributed by atoms with Crippen LogP contribution in [0.2, 0.25) is 0 Å². The van der Waals surface area contributed by atoms with Gasteiger partial charge in [0.25, 0.3) is 0 Å². The Morgan fingerprint density at radius 1 is 1.22 bits per heavy atom. The van der Waals surface area contributed by atoms with Gasteiger partial charge in [0.2, 0.25) is 0 Å². The molecule has 1 heterocycles. The van der Waals surface area contributed by atoms with E-state index in [1.54, 1.807) is 4.68 Å². The number of rotatable bonds is 4. The second-order valence-corrected chi connectivity index (χ2v) is 4.14. The molecule has 94 valence electrons. The highest BCUT2D eigenvalue weighted by molar-refractivity contribution is 5.69. The molecule has 0 aliphatic rings. The number of nitrogens with zero attached hydrogens (tertiary/aromatic N) is 3. The summed E-state index contributed by atoms with van der Waals surface area (Å²) in [6, 6.07) is 8.26. The van der Waals surface area contributed by atoms with E-state index in [0.717, 1.165) is 17.8 Å². The first-order chi connectivity index (χ1) is 8.74. The molecule has 1 aromatic heterocycles. The summed E-state index contributed by atoms with van der Waals surface area (Å²) in [6.07, 6.45) is 3.95. The molecule has 0 aliphatic heterocycles. The van der Waals surface area contributed by atoms with Crippen molar-refractivity contribution in [1.82, 2.24) is 15.0 Å². The van der Waals surface area contributed by atoms with Gasteiger partial charge in [-0.25, -0.2) is 4.68 Å². The maximum atomic E-state index is 9.21. The minimum absolute atomic E-state index is 0.0897. The summed E-state index contributed by atoms with van der Waals surface area (Å²) in [4.78, 5) is 0. The standard InChI is InChI=1S/C14H17N3O/c1-3-17-14(13(10-18)15-16-17)9-8-12-6-4-11(2)5-7-12/h4-9,18H,3,10H2,1-2H3/b9-8+. The van der Waals surface area contributed by atoms with Crippen molar-refractivity contribution in [2.24, 2.45) is 0 Å². The number of benzene rings is 1. The minimum Gasteiger partial charge on any atom is -0.390 e. The van der Waals surface area contributed by atoms with Crippen LogP contribution in [0, 0.1) is 6.92 Å². The molecule has 0 fully saturated rings. The third kappa shape index (κ3) is 2.65. The molecule has 2 aromatic rings. The van der Waals surface area contributed by atoms with Crippen molar-refractivity contribution in [3.63, 3.8) is 0 Å². The maximum Gasteiger partial charge on any atom is 0.115 e. The Bertz CT molecular complexity index is 519. The Kier molecular flexibility index (Phi) is 3.89. The van der Waals surface area contributed by atoms with Gasteiger partial charge in [-0.05, 0) is 25.5 Å². The molecule has 0 saturated carbocycles. The van der Waals surface area contributed by atoms with Gasteiger partial charge in [0.15, 0.2) is 0 Å². The molecule has 0 spiro atoms. The highest BCUT2D eigenvalue weighted by Crippen LogP contribution is 2.12. The molecular weight excluding hydrogens is 226 g/mol. The predicted molar refractivity (Wildman–Crippen MR) is 71.7 cm³/mol. The number of aromatic nitrogens is 3. The Morgan fingerprint density at radius 2 is 1.94 bits per heavy atom. The van der Waals surface area contributed by atoms with Gasteiger partial charge in [0.05, 0.1) is 12.3 Å². The van der Waals surface area contributed by atoms with Crippen molar-refractivity contribution < 1.29 is 5.11 Å². The van der Waals surface area contributed by atoms with Crippen molar-refractivity contribution in [3.05, 3.63) is 46.8 Å². The lowest BCUT2D eigenvalue weighted by molar-refractivity contribution is 0.276. The highest BCUT2D eigenvalue weighted by Gasteiger charge is 2.07. The molecule has 4 heteroatoms. The molecule has 0 atom stereocenters. The van der Waals surface area contributed by atoms with E-state index in [1.807, 2.05) is 19.1 Å². The molecule has 0 radical (unpaired) electrons. The number of aryl methyl sites for hydroxylation is 2. The fourth-order valence-electron chi connectivity index (χ4n) is 1.74. The van der Waals surface area contributed by atoms with Crippen LogP contribution in [-0.2, 0) is 13.2 Å². The molecular formula is C14H17N3O. The summed E-state index contributed by atoms with van der Waals surface area (Å²) >= 11 is 0. The second-order valence-electron chi connectivity index (χ2n) is 4.14. The number of hydrogen-bond donors (Lipinski definition) is 1. The Balaban J connectivity index is 2.27. The van der Waals surface area contributed by atoms with Crippen LogP contribution in [0.15, 0.2) is 24.3 Å². The second kappa shape index (κ2) is 5.60. The molecule has 1 aromatic carbocycles. The zero-order chi connectivity index (χ0) is 13.0. The minimum atomic E-state index is -0.0897. The van der Waals surface area contributed by atoms with Crippen LogP contribution >= 0.6 is 0 Å². The highest BCUT2D eigenvalue weighted by atomic mass is 16.3. The first-order valence-corrected chi connectivity index (χ1v) is 6.02. The SMILES string of the molecule is CCn1nnc(CO)c1/C=C/c1ccc(C)cc1. The fraction of sp³-hybridized carbons (Fsp3) is 0.286. The maximum absolute atomic E-state index is 9.21. The van der Waals surface area contributed by atoms with Gasteiger partial charge >= 0.3 is 0 Å². The van der Waals surface area contributed by atoms with Crippen LogP contribution in [0.5, 0.6) is 0 Å². The first kappa shape index (κ1) is 12.5. The Hall–Kier alpha value is -1.94. The molecule has 0 bridgehead atoms. The van der Waals surface area contributed by atoms with Crippen LogP contribution in [0.25, 0.3) is 12.2 Å². The average molecular weight is 243 g/mol. The van der Waals surface area contributed by atoms with E-state index in [2.05, 4.69) is 41.5 Å². The number of aliphatic hydroxyl groups excluding tert-OH is 1. The van der Waals surface area contributed by atoms with Crippen LogP contribution in [0.1, 0.15) is 29.4 Å². The Morgan fingerprint density at radius 3 is 2.56 bits per heavy atom. The number of aliphatic hydroxyl groups is 1. The zero-order valence-corrected chi connectivity index (χ0v) is 10.7. The third-order valence-corrected chi connectivity index (χ3v) is 2.81. The van der Waals surface area contributed by atoms with Crippen molar-refractivity contribution in [2.75, 3.05) is 0 Å². The topological polar surface area (TPSA) is 50.9 Å². The van der Waals surface area contributed by atoms with E-state index >= 15 is 0 Å². The van der Waals surface area contributed by atoms with Gasteiger partial charge in [-0.1, -0.05) is 41.1 Å². The van der Waals surface area contributed by atoms with E-state index in [-0.39, 0.29) is 6.61 Å². The molecule has 1 N–H and O–H groups in total. The summed E-state index contributed by atoms with van der Waals surface area (Å²) in [6.45, 7) is 4.71. The first-order valence-electron chi connectivity index (χ1n) is 6.02. The lowest BCUT2D eigenvalue weighted by Crippen LogP contribution is -1.99. The van der Waals surface area contributed by atoms with E-state index in [4.69, 9.17) is 0 Å². The molecule has 0 amide bonds. The Labute approximate surface area is 107 Å². The van der Waals surface area contributed by atoms with Crippen LogP contribution in [-0.4, -0.2) is 20.1 Å². The molecule has 0 aliphatic carbocycles. The largest absolute Gasteiger partial charge is 0.390 e. The van der Waals surface area contributed by atoms with Gasteiger partial charge in [-0.3, -0.25) is 0 Å². The van der Waals surface area contributed by atoms with Crippen LogP contribution in [0.3, 0.4) is 0 Å². The fourth-order valence-corrected chi connectivity index (χ4v) is 1.74. The van der Waals surface area contributed by atoms with Gasteiger partial charge in [-0.15, -0.1) is 5.10 Å². The average Bonchev–Trinajstić information content (AvgIpc) is 2.80. The van der Waals surface area contributed by atoms with Crippen LogP contribution in [0.4, 0.5) is 0 Å². The third-order valence-electron chi connectivity index (χ3n) is 2.81. The van der Waals surface area contributed by atoms with E-state index in [9.17, 15) is 5.11 Å². The summed E-state index contributed by atoms with van der Waals surface area (Å²) < 4.78 is 1.77. The normalized spacial score (nSPS) is 11.3. The van der Waals surface area contributed by atoms with Crippen molar-refractivity contribution in [2.45, 2.75) is 27.0 Å². The lowest BCUT2D eigenvalue weighted by atomic mass is 10.1. The summed E-state index contributed by atoms with van der Waals surface area (Å²) in [5, 5.41) is 17.1. The number of hydrogen-bond acceptors (Lipinski definition) is 3. The van der Waals surface area contributed by atoms with Gasteiger partial charge in [-0.2, -0.15) is 0 Å². The van der Waals surface area contributed by atoms with E-state index in [0.29, 0.717) is 5.69 Å². The van der Waals surface area contributed by atoms with Crippen molar-refractivity contribution >= 4 is 12.2 Å². The lowest BCUT2D eigenvalue weighted by Gasteiger charge is -2.00. The van der Waals surface area contributed by atoms with Crippen molar-refractivity contribution in [3.8, 4) is 0 Å². The van der Waals surface area contributed by atoms with E-state index < -0.39 is 0 Å². The van der Waals surface area contributed by atoms with Gasteiger partial charge in [0.1, 0.15) is 5.69 Å². The van der Waals surface area contributed by atoms with Gasteiger partial charge < -0.3 is 5.11 Å². The van der Waals surface area contributed by atoms with Crippen LogP contribution < -0.4 is 0 Å². The van der Waals surface area contributed by atoms with Gasteiger partial charge in [0, 0.05) is 6.54 Å².